The third kappa shape index (κ3) is 6.81. The van der Waals surface area contributed by atoms with Gasteiger partial charge in [0.2, 0.25) is 5.54 Å². The highest BCUT2D eigenvalue weighted by Gasteiger charge is 2.42. The molecule has 5 nitrogen and oxygen atoms in total. The number of rotatable bonds is 5. The van der Waals surface area contributed by atoms with E-state index >= 15 is 0 Å². The minimum absolute atomic E-state index is 0. The molecule has 1 atom stereocenters. The van der Waals surface area contributed by atoms with E-state index in [0.29, 0.717) is 0 Å². The van der Waals surface area contributed by atoms with Gasteiger partial charge in [0.15, 0.2) is 0 Å². The Bertz CT molecular complexity index is 284. The lowest BCUT2D eigenvalue weighted by Crippen LogP contribution is -2.55. The van der Waals surface area contributed by atoms with Crippen molar-refractivity contribution in [2.24, 2.45) is 5.73 Å². The van der Waals surface area contributed by atoms with Gasteiger partial charge in [-0.3, -0.25) is 0 Å². The van der Waals surface area contributed by atoms with Crippen LogP contribution in [0.15, 0.2) is 0 Å². The first kappa shape index (κ1) is 19.5. The van der Waals surface area contributed by atoms with Crippen LogP contribution in [-0.2, 0) is 19.1 Å². The molecule has 0 bridgehead atoms. The Kier molecular flexibility index (Phi) is 8.23. The van der Waals surface area contributed by atoms with Crippen LogP contribution < -0.4 is 5.73 Å². The molecule has 0 aliphatic heterocycles. The molecule has 0 saturated heterocycles. The highest BCUT2D eigenvalue weighted by molar-refractivity contribution is 6.04. The summed E-state index contributed by atoms with van der Waals surface area (Å²) < 4.78 is 9.98. The van der Waals surface area contributed by atoms with Crippen LogP contribution >= 0.6 is 12.4 Å². The fraction of sp³-hybridized carbons (Fsp3) is 0.833. The predicted molar refractivity (Wildman–Crippen MR) is 71.6 cm³/mol. The molecular formula is C12H24ClNO4. The lowest BCUT2D eigenvalue weighted by molar-refractivity contribution is -0.170. The number of esters is 2. The van der Waals surface area contributed by atoms with E-state index in [0.717, 1.165) is 12.8 Å². The van der Waals surface area contributed by atoms with E-state index < -0.39 is 23.1 Å². The molecule has 0 aromatic carbocycles. The average molecular weight is 282 g/mol. The quantitative estimate of drug-likeness (QED) is 0.472. The van der Waals surface area contributed by atoms with Crippen molar-refractivity contribution in [1.29, 1.82) is 0 Å². The van der Waals surface area contributed by atoms with Crippen LogP contribution in [0, 0.1) is 0 Å². The molecule has 0 aromatic heterocycles. The van der Waals surface area contributed by atoms with Gasteiger partial charge in [0.25, 0.3) is 0 Å². The highest BCUT2D eigenvalue weighted by atomic mass is 35.5. The maximum absolute atomic E-state index is 11.7. The summed E-state index contributed by atoms with van der Waals surface area (Å²) in [6.45, 7) is 8.68. The molecule has 6 heteroatoms. The lowest BCUT2D eigenvalue weighted by atomic mass is 10.0. The van der Waals surface area contributed by atoms with Gasteiger partial charge in [-0.05, 0) is 34.1 Å². The fourth-order valence-corrected chi connectivity index (χ4v) is 0.927. The van der Waals surface area contributed by atoms with Crippen LogP contribution in [0.1, 0.15) is 47.5 Å². The molecular weight excluding hydrogens is 258 g/mol. The summed E-state index contributed by atoms with van der Waals surface area (Å²) >= 11 is 0. The minimum atomic E-state index is -1.75. The van der Waals surface area contributed by atoms with Crippen LogP contribution in [0.2, 0.25) is 0 Å². The van der Waals surface area contributed by atoms with Crippen molar-refractivity contribution in [1.82, 2.24) is 0 Å². The number of unbranched alkanes of at least 4 members (excludes halogenated alkanes) is 1. The molecule has 0 spiro atoms. The van der Waals surface area contributed by atoms with Crippen LogP contribution in [0.4, 0.5) is 0 Å². The van der Waals surface area contributed by atoms with Crippen molar-refractivity contribution >= 4 is 24.3 Å². The summed E-state index contributed by atoms with van der Waals surface area (Å²) in [6, 6.07) is 0. The Balaban J connectivity index is 0. The molecule has 0 radical (unpaired) electrons. The molecule has 0 saturated carbocycles. The van der Waals surface area contributed by atoms with Gasteiger partial charge in [0, 0.05) is 0 Å². The Labute approximate surface area is 115 Å². The van der Waals surface area contributed by atoms with Gasteiger partial charge in [0.1, 0.15) is 5.60 Å². The smallest absolute Gasteiger partial charge is 0.338 e. The molecule has 2 N–H and O–H groups in total. The van der Waals surface area contributed by atoms with E-state index in [-0.39, 0.29) is 19.0 Å². The molecule has 0 rings (SSSR count). The van der Waals surface area contributed by atoms with Crippen molar-refractivity contribution in [3.63, 3.8) is 0 Å². The maximum Gasteiger partial charge on any atom is 0.338 e. The van der Waals surface area contributed by atoms with Crippen LogP contribution in [0.3, 0.4) is 0 Å². The van der Waals surface area contributed by atoms with Gasteiger partial charge < -0.3 is 15.2 Å². The van der Waals surface area contributed by atoms with Crippen LogP contribution in [0.25, 0.3) is 0 Å². The SMILES string of the molecule is CCCCOC(=O)C(C)(N)C(=O)OC(C)(C)C.Cl. The number of hydrogen-bond acceptors (Lipinski definition) is 5. The molecule has 0 heterocycles. The van der Waals surface area contributed by atoms with Crippen molar-refractivity contribution in [2.75, 3.05) is 6.61 Å². The molecule has 0 fully saturated rings. The Morgan fingerprint density at radius 2 is 1.61 bits per heavy atom. The lowest BCUT2D eigenvalue weighted by Gasteiger charge is -2.26. The van der Waals surface area contributed by atoms with Gasteiger partial charge in [-0.2, -0.15) is 0 Å². The second kappa shape index (κ2) is 7.59. The summed E-state index contributed by atoms with van der Waals surface area (Å²) in [6.07, 6.45) is 1.65. The van der Waals surface area contributed by atoms with E-state index in [1.165, 1.54) is 6.92 Å². The summed E-state index contributed by atoms with van der Waals surface area (Å²) in [7, 11) is 0. The number of carbonyl (C=O) groups excluding carboxylic acids is 2. The Morgan fingerprint density at radius 3 is 2.00 bits per heavy atom. The van der Waals surface area contributed by atoms with Gasteiger partial charge in [-0.25, -0.2) is 9.59 Å². The van der Waals surface area contributed by atoms with E-state index in [9.17, 15) is 9.59 Å². The summed E-state index contributed by atoms with van der Waals surface area (Å²) in [4.78, 5) is 23.3. The van der Waals surface area contributed by atoms with E-state index in [2.05, 4.69) is 0 Å². The van der Waals surface area contributed by atoms with Crippen molar-refractivity contribution in [3.8, 4) is 0 Å². The second-order valence-corrected chi connectivity index (χ2v) is 5.19. The zero-order valence-corrected chi connectivity index (χ0v) is 12.6. The summed E-state index contributed by atoms with van der Waals surface area (Å²) in [5.41, 5.74) is 3.22. The molecule has 18 heavy (non-hydrogen) atoms. The summed E-state index contributed by atoms with van der Waals surface area (Å²) in [5, 5.41) is 0. The number of nitrogens with two attached hydrogens (primary N) is 1. The first-order chi connectivity index (χ1) is 7.61. The molecule has 1 unspecified atom stereocenters. The van der Waals surface area contributed by atoms with Crippen molar-refractivity contribution in [2.45, 2.75) is 58.6 Å². The van der Waals surface area contributed by atoms with Crippen LogP contribution in [0.5, 0.6) is 0 Å². The third-order valence-corrected chi connectivity index (χ3v) is 1.98. The minimum Gasteiger partial charge on any atom is -0.464 e. The standard InChI is InChI=1S/C12H23NO4.ClH/c1-6-7-8-16-9(14)12(5,13)10(15)17-11(2,3)4;/h6-8,13H2,1-5H3;1H. The second-order valence-electron chi connectivity index (χ2n) is 5.19. The molecule has 0 aliphatic carbocycles. The highest BCUT2D eigenvalue weighted by Crippen LogP contribution is 2.14. The largest absolute Gasteiger partial charge is 0.464 e. The van der Waals surface area contributed by atoms with Gasteiger partial charge in [0.05, 0.1) is 6.61 Å². The molecule has 0 amide bonds. The maximum atomic E-state index is 11.7. The predicted octanol–water partition coefficient (Wildman–Crippen LogP) is 1.81. The monoisotopic (exact) mass is 281 g/mol. The fourth-order valence-electron chi connectivity index (χ4n) is 0.927. The Hall–Kier alpha value is -0.810. The first-order valence-electron chi connectivity index (χ1n) is 5.81. The van der Waals surface area contributed by atoms with Gasteiger partial charge in [-0.15, -0.1) is 12.4 Å². The van der Waals surface area contributed by atoms with Crippen molar-refractivity contribution in [3.05, 3.63) is 0 Å². The van der Waals surface area contributed by atoms with Gasteiger partial charge in [-0.1, -0.05) is 13.3 Å². The Morgan fingerprint density at radius 1 is 1.11 bits per heavy atom. The zero-order chi connectivity index (χ0) is 13.7. The molecule has 0 aromatic rings. The molecule has 108 valence electrons. The third-order valence-electron chi connectivity index (χ3n) is 1.98. The van der Waals surface area contributed by atoms with E-state index in [1.807, 2.05) is 6.92 Å². The van der Waals surface area contributed by atoms with Gasteiger partial charge >= 0.3 is 11.9 Å². The van der Waals surface area contributed by atoms with Crippen molar-refractivity contribution < 1.29 is 19.1 Å². The average Bonchev–Trinajstić information content (AvgIpc) is 2.15. The number of carbonyl (C=O) groups is 2. The molecule has 0 aliphatic rings. The number of ether oxygens (including phenoxy) is 2. The topological polar surface area (TPSA) is 78.6 Å². The number of hydrogen-bond donors (Lipinski definition) is 1. The summed E-state index contributed by atoms with van der Waals surface area (Å²) in [5.74, 6) is -1.52. The van der Waals surface area contributed by atoms with E-state index in [1.54, 1.807) is 20.8 Å². The normalized spacial score (nSPS) is 14.1. The first-order valence-corrected chi connectivity index (χ1v) is 5.81. The number of halogens is 1. The zero-order valence-electron chi connectivity index (χ0n) is 11.7. The van der Waals surface area contributed by atoms with E-state index in [4.69, 9.17) is 15.2 Å². The van der Waals surface area contributed by atoms with Crippen LogP contribution in [-0.4, -0.2) is 29.7 Å².